The van der Waals surface area contributed by atoms with Crippen molar-refractivity contribution in [1.82, 2.24) is 5.01 Å². The van der Waals surface area contributed by atoms with Crippen LogP contribution < -0.4 is 5.32 Å². The van der Waals surface area contributed by atoms with E-state index in [9.17, 15) is 19.8 Å². The van der Waals surface area contributed by atoms with Crippen LogP contribution >= 0.6 is 0 Å². The van der Waals surface area contributed by atoms with E-state index in [1.807, 2.05) is 0 Å². The van der Waals surface area contributed by atoms with Crippen molar-refractivity contribution < 1.29 is 9.72 Å². The maximum atomic E-state index is 11.1. The number of nitro groups is 1. The molecular weight excluding hydrogens is 216 g/mol. The number of carbonyl (C=O) groups is 1. The lowest BCUT2D eigenvalue weighted by Gasteiger charge is -2.08. The van der Waals surface area contributed by atoms with Crippen LogP contribution in [0.15, 0.2) is 29.6 Å². The van der Waals surface area contributed by atoms with Gasteiger partial charge >= 0.3 is 6.03 Å². The minimum absolute atomic E-state index is 0.0835. The van der Waals surface area contributed by atoms with E-state index >= 15 is 0 Å². The van der Waals surface area contributed by atoms with Crippen molar-refractivity contribution in [3.05, 3.63) is 39.3 Å². The number of hydrogen-bond donors (Lipinski definition) is 1. The molecule has 0 aliphatic rings. The van der Waals surface area contributed by atoms with Crippen LogP contribution in [0.5, 0.6) is 0 Å². The van der Waals surface area contributed by atoms with Gasteiger partial charge < -0.3 is 5.32 Å². The topological polar surface area (TPSA) is 105 Å². The van der Waals surface area contributed by atoms with Gasteiger partial charge in [0.1, 0.15) is 0 Å². The molecule has 0 aromatic heterocycles. The van der Waals surface area contributed by atoms with Gasteiger partial charge in [0.2, 0.25) is 0 Å². The molecule has 0 saturated heterocycles. The first-order valence-corrected chi connectivity index (χ1v) is 4.17. The smallest absolute Gasteiger partial charge is 0.306 e. The highest BCUT2D eigenvalue weighted by Crippen LogP contribution is 2.15. The molecule has 1 aromatic carbocycles. The Bertz CT molecular complexity index is 417. The molecule has 1 rings (SSSR count). The van der Waals surface area contributed by atoms with Crippen LogP contribution in [0.4, 0.5) is 16.2 Å². The number of amides is 2. The van der Waals surface area contributed by atoms with Crippen molar-refractivity contribution in [2.75, 3.05) is 12.4 Å². The van der Waals surface area contributed by atoms with E-state index in [1.165, 1.54) is 31.3 Å². The van der Waals surface area contributed by atoms with Gasteiger partial charge in [-0.05, 0) is 12.1 Å². The molecule has 0 saturated carbocycles. The van der Waals surface area contributed by atoms with Crippen LogP contribution in [0, 0.1) is 15.0 Å². The fraction of sp³-hybridized carbons (Fsp3) is 0.125. The molecule has 0 aliphatic carbocycles. The normalized spacial score (nSPS) is 9.31. The molecule has 1 aromatic rings. The van der Waals surface area contributed by atoms with Gasteiger partial charge in [-0.2, -0.15) is 5.01 Å². The molecule has 0 unspecified atom stereocenters. The van der Waals surface area contributed by atoms with Gasteiger partial charge in [0.15, 0.2) is 0 Å². The van der Waals surface area contributed by atoms with E-state index in [2.05, 4.69) is 10.6 Å². The number of hydrogen-bond acceptors (Lipinski definition) is 5. The Labute approximate surface area is 90.0 Å². The molecular formula is C8H8N4O4. The van der Waals surface area contributed by atoms with Crippen LogP contribution in [0.2, 0.25) is 0 Å². The van der Waals surface area contributed by atoms with Gasteiger partial charge in [0.25, 0.3) is 5.69 Å². The van der Waals surface area contributed by atoms with E-state index in [0.717, 1.165) is 0 Å². The summed E-state index contributed by atoms with van der Waals surface area (Å²) in [7, 11) is 1.19. The minimum atomic E-state index is -0.719. The molecule has 0 fully saturated rings. The molecule has 0 atom stereocenters. The highest BCUT2D eigenvalue weighted by atomic mass is 16.6. The van der Waals surface area contributed by atoms with Crippen LogP contribution in [-0.4, -0.2) is 23.0 Å². The number of benzene rings is 1. The van der Waals surface area contributed by atoms with E-state index < -0.39 is 11.0 Å². The molecule has 84 valence electrons. The van der Waals surface area contributed by atoms with Crippen molar-refractivity contribution in [2.45, 2.75) is 0 Å². The molecule has 0 bridgehead atoms. The molecule has 2 amide bonds. The first-order valence-electron chi connectivity index (χ1n) is 4.17. The molecule has 8 nitrogen and oxygen atoms in total. The Balaban J connectivity index is 2.72. The summed E-state index contributed by atoms with van der Waals surface area (Å²) in [6.07, 6.45) is 0. The second-order valence-corrected chi connectivity index (χ2v) is 2.84. The Morgan fingerprint density at radius 2 is 2.00 bits per heavy atom. The molecule has 0 radical (unpaired) electrons. The highest BCUT2D eigenvalue weighted by Gasteiger charge is 2.09. The number of anilines is 1. The number of rotatable bonds is 3. The first-order chi connectivity index (χ1) is 7.54. The highest BCUT2D eigenvalue weighted by molar-refractivity contribution is 5.88. The summed E-state index contributed by atoms with van der Waals surface area (Å²) >= 11 is 0. The maximum absolute atomic E-state index is 11.1. The summed E-state index contributed by atoms with van der Waals surface area (Å²) in [6.45, 7) is 0. The van der Waals surface area contributed by atoms with Crippen molar-refractivity contribution in [2.24, 2.45) is 5.29 Å². The lowest BCUT2D eigenvalue weighted by atomic mass is 10.3. The Hall–Kier alpha value is -2.51. The van der Waals surface area contributed by atoms with Crippen LogP contribution in [0.25, 0.3) is 0 Å². The lowest BCUT2D eigenvalue weighted by molar-refractivity contribution is -0.384. The molecule has 0 aliphatic heterocycles. The van der Waals surface area contributed by atoms with Crippen molar-refractivity contribution >= 4 is 17.4 Å². The van der Waals surface area contributed by atoms with E-state index in [-0.39, 0.29) is 5.69 Å². The van der Waals surface area contributed by atoms with Crippen molar-refractivity contribution in [3.63, 3.8) is 0 Å². The largest absolute Gasteiger partial charge is 0.344 e. The summed E-state index contributed by atoms with van der Waals surface area (Å²) < 4.78 is 0. The third-order valence-corrected chi connectivity index (χ3v) is 1.75. The van der Waals surface area contributed by atoms with Gasteiger partial charge in [0.05, 0.1) is 10.2 Å². The summed E-state index contributed by atoms with van der Waals surface area (Å²) in [5.74, 6) is 0. The van der Waals surface area contributed by atoms with Gasteiger partial charge in [-0.1, -0.05) is 0 Å². The van der Waals surface area contributed by atoms with Crippen molar-refractivity contribution in [3.8, 4) is 0 Å². The SMILES string of the molecule is CN(N=O)C(=O)Nc1ccc([N+](=O)[O-])cc1. The van der Waals surface area contributed by atoms with E-state index in [1.54, 1.807) is 0 Å². The average molecular weight is 224 g/mol. The van der Waals surface area contributed by atoms with Gasteiger partial charge in [-0.3, -0.25) is 10.1 Å². The number of carbonyl (C=O) groups excluding carboxylic acids is 1. The summed E-state index contributed by atoms with van der Waals surface area (Å²) in [6, 6.07) is 4.47. The summed E-state index contributed by atoms with van der Waals surface area (Å²) in [5, 5.41) is 15.6. The zero-order valence-corrected chi connectivity index (χ0v) is 8.28. The Kier molecular flexibility index (Phi) is 3.49. The summed E-state index contributed by atoms with van der Waals surface area (Å²) in [4.78, 5) is 30.9. The Morgan fingerprint density at radius 1 is 1.44 bits per heavy atom. The fourth-order valence-corrected chi connectivity index (χ4v) is 0.908. The molecule has 0 heterocycles. The van der Waals surface area contributed by atoms with E-state index in [0.29, 0.717) is 10.7 Å². The third kappa shape index (κ3) is 2.74. The van der Waals surface area contributed by atoms with Crippen molar-refractivity contribution in [1.29, 1.82) is 0 Å². The second-order valence-electron chi connectivity index (χ2n) is 2.84. The standard InChI is InChI=1S/C8H8N4O4/c1-11(10-14)8(13)9-6-2-4-7(5-3-6)12(15)16/h2-5H,1H3,(H,9,13). The van der Waals surface area contributed by atoms with Gasteiger partial charge in [0, 0.05) is 24.9 Å². The van der Waals surface area contributed by atoms with Crippen LogP contribution in [-0.2, 0) is 0 Å². The van der Waals surface area contributed by atoms with Gasteiger partial charge in [-0.25, -0.2) is 4.79 Å². The minimum Gasteiger partial charge on any atom is -0.306 e. The van der Waals surface area contributed by atoms with E-state index in [4.69, 9.17) is 0 Å². The number of nitrogens with one attached hydrogen (secondary N) is 1. The third-order valence-electron chi connectivity index (χ3n) is 1.75. The molecule has 16 heavy (non-hydrogen) atoms. The Morgan fingerprint density at radius 3 is 2.44 bits per heavy atom. The second kappa shape index (κ2) is 4.82. The quantitative estimate of drug-likeness (QED) is 0.479. The van der Waals surface area contributed by atoms with Crippen LogP contribution in [0.3, 0.4) is 0 Å². The lowest BCUT2D eigenvalue weighted by Crippen LogP contribution is -2.26. The zero-order valence-electron chi connectivity index (χ0n) is 8.28. The number of nitrogens with zero attached hydrogens (tertiary/aromatic N) is 3. The van der Waals surface area contributed by atoms with Crippen LogP contribution in [0.1, 0.15) is 0 Å². The monoisotopic (exact) mass is 224 g/mol. The number of urea groups is 1. The average Bonchev–Trinajstić information content (AvgIpc) is 2.28. The molecule has 1 N–H and O–H groups in total. The number of nitro benzene ring substituents is 1. The first kappa shape index (κ1) is 11.6. The van der Waals surface area contributed by atoms with Gasteiger partial charge in [-0.15, -0.1) is 4.91 Å². The number of non-ortho nitro benzene ring substituents is 1. The fourth-order valence-electron chi connectivity index (χ4n) is 0.908. The number of nitroso groups, excluding NO2 is 1. The molecule has 0 spiro atoms. The summed E-state index contributed by atoms with van der Waals surface area (Å²) in [5.41, 5.74) is 0.256. The zero-order chi connectivity index (χ0) is 12.1. The predicted molar refractivity (Wildman–Crippen MR) is 55.7 cm³/mol. The molecule has 8 heteroatoms. The maximum Gasteiger partial charge on any atom is 0.344 e. The predicted octanol–water partition coefficient (Wildman–Crippen LogP) is 1.74.